The van der Waals surface area contributed by atoms with Gasteiger partial charge in [-0.2, -0.15) is 10.2 Å². The Kier molecular flexibility index (Phi) is 6.23. The number of hydrogen-bond donors (Lipinski definition) is 0. The highest BCUT2D eigenvalue weighted by Gasteiger charge is 1.95. The average molecular weight is 314 g/mol. The predicted octanol–water partition coefficient (Wildman–Crippen LogP) is 2.95. The Hall–Kier alpha value is -2.76. The van der Waals surface area contributed by atoms with Gasteiger partial charge in [0.25, 0.3) is 0 Å². The van der Waals surface area contributed by atoms with Crippen LogP contribution in [0.1, 0.15) is 11.1 Å². The average Bonchev–Trinajstić information content (AvgIpc) is 2.58. The second-order valence-corrected chi connectivity index (χ2v) is 4.94. The maximum Gasteiger partial charge on any atom is 0.127 e. The highest BCUT2D eigenvalue weighted by Crippen LogP contribution is 2.11. The van der Waals surface area contributed by atoms with Gasteiger partial charge in [-0.25, -0.2) is 9.37 Å². The van der Waals surface area contributed by atoms with Crippen LogP contribution in [0.2, 0.25) is 0 Å². The van der Waals surface area contributed by atoms with Crippen molar-refractivity contribution in [2.24, 2.45) is 10.2 Å². The molecule has 0 spiro atoms. The van der Waals surface area contributed by atoms with Gasteiger partial charge in [-0.1, -0.05) is 0 Å². The normalized spacial score (nSPS) is 11.3. The fourth-order valence-corrected chi connectivity index (χ4v) is 1.74. The number of ether oxygens (including phenoxy) is 1. The summed E-state index contributed by atoms with van der Waals surface area (Å²) in [5.74, 6) is 1.52. The maximum absolute atomic E-state index is 12.0. The van der Waals surface area contributed by atoms with Crippen molar-refractivity contribution in [2.45, 2.75) is 0 Å². The monoisotopic (exact) mass is 314 g/mol. The summed E-state index contributed by atoms with van der Waals surface area (Å²) in [6.45, 7) is -0.430. The molecule has 0 saturated heterocycles. The molecule has 0 bridgehead atoms. The molecular weight excluding hydrogens is 295 g/mol. The van der Waals surface area contributed by atoms with Crippen LogP contribution < -0.4 is 9.64 Å². The summed E-state index contributed by atoms with van der Waals surface area (Å²) in [5, 5.41) is 7.99. The minimum absolute atomic E-state index is 0.0678. The van der Waals surface area contributed by atoms with E-state index in [0.29, 0.717) is 5.75 Å². The number of benzene rings is 1. The lowest BCUT2D eigenvalue weighted by Gasteiger charge is -2.09. The highest BCUT2D eigenvalue weighted by atomic mass is 19.1. The van der Waals surface area contributed by atoms with Crippen LogP contribution in [0.5, 0.6) is 5.75 Å². The van der Waals surface area contributed by atoms with Crippen LogP contribution in [0.15, 0.2) is 52.8 Å². The van der Waals surface area contributed by atoms with Crippen LogP contribution in [-0.4, -0.2) is 44.8 Å². The number of alkyl halides is 1. The number of pyridine rings is 1. The van der Waals surface area contributed by atoms with Gasteiger partial charge in [0.1, 0.15) is 24.8 Å². The molecule has 5 nitrogen and oxygen atoms in total. The summed E-state index contributed by atoms with van der Waals surface area (Å²) in [6.07, 6.45) is 5.02. The summed E-state index contributed by atoms with van der Waals surface area (Å²) in [6, 6.07) is 11.1. The summed E-state index contributed by atoms with van der Waals surface area (Å²) in [4.78, 5) is 6.22. The summed E-state index contributed by atoms with van der Waals surface area (Å²) in [5.41, 5.74) is 1.76. The Bertz CT molecular complexity index is 651. The minimum atomic E-state index is -0.498. The molecule has 0 fully saturated rings. The van der Waals surface area contributed by atoms with Gasteiger partial charge < -0.3 is 9.64 Å². The molecule has 6 heteroatoms. The van der Waals surface area contributed by atoms with E-state index < -0.39 is 6.67 Å². The van der Waals surface area contributed by atoms with Crippen molar-refractivity contribution >= 4 is 18.2 Å². The Balaban J connectivity index is 1.90. The molecule has 0 radical (unpaired) electrons. The van der Waals surface area contributed by atoms with Crippen molar-refractivity contribution in [3.63, 3.8) is 0 Å². The number of rotatable bonds is 7. The van der Waals surface area contributed by atoms with E-state index in [1.165, 1.54) is 0 Å². The third kappa shape index (κ3) is 5.50. The van der Waals surface area contributed by atoms with Gasteiger partial charge in [0.15, 0.2) is 0 Å². The lowest BCUT2D eigenvalue weighted by atomic mass is 10.2. The SMILES string of the molecule is CN(C)c1ccc(/C=N/N=C/c2ccc(OCCF)cc2)cn1. The minimum Gasteiger partial charge on any atom is -0.491 e. The van der Waals surface area contributed by atoms with Crippen LogP contribution in [0.4, 0.5) is 10.2 Å². The number of halogens is 1. The van der Waals surface area contributed by atoms with Crippen LogP contribution in [0, 0.1) is 0 Å². The highest BCUT2D eigenvalue weighted by molar-refractivity contribution is 5.82. The van der Waals surface area contributed by atoms with Gasteiger partial charge in [0.2, 0.25) is 0 Å². The smallest absolute Gasteiger partial charge is 0.127 e. The van der Waals surface area contributed by atoms with Gasteiger partial charge in [-0.3, -0.25) is 0 Å². The number of anilines is 1. The van der Waals surface area contributed by atoms with Crippen LogP contribution in [-0.2, 0) is 0 Å². The first kappa shape index (κ1) is 16.6. The first-order valence-corrected chi connectivity index (χ1v) is 7.17. The fraction of sp³-hybridized carbons (Fsp3) is 0.235. The van der Waals surface area contributed by atoms with Crippen molar-refractivity contribution in [2.75, 3.05) is 32.3 Å². The van der Waals surface area contributed by atoms with Crippen molar-refractivity contribution in [3.8, 4) is 5.75 Å². The molecule has 0 saturated carbocycles. The van der Waals surface area contributed by atoms with E-state index in [1.807, 2.05) is 43.3 Å². The van der Waals surface area contributed by atoms with E-state index in [1.54, 1.807) is 30.8 Å². The van der Waals surface area contributed by atoms with E-state index >= 15 is 0 Å². The lowest BCUT2D eigenvalue weighted by Crippen LogP contribution is -2.10. The Morgan fingerprint density at radius 1 is 1.04 bits per heavy atom. The van der Waals surface area contributed by atoms with Crippen molar-refractivity contribution in [1.29, 1.82) is 0 Å². The van der Waals surface area contributed by atoms with Gasteiger partial charge >= 0.3 is 0 Å². The molecular formula is C17H19FN4O. The molecule has 1 aromatic carbocycles. The molecule has 2 aromatic rings. The zero-order chi connectivity index (χ0) is 16.5. The summed E-state index contributed by atoms with van der Waals surface area (Å²) >= 11 is 0. The number of nitrogens with zero attached hydrogens (tertiary/aromatic N) is 4. The zero-order valence-electron chi connectivity index (χ0n) is 13.2. The molecule has 120 valence electrons. The second-order valence-electron chi connectivity index (χ2n) is 4.94. The molecule has 0 amide bonds. The van der Waals surface area contributed by atoms with E-state index in [2.05, 4.69) is 15.2 Å². The van der Waals surface area contributed by atoms with Crippen LogP contribution in [0.25, 0.3) is 0 Å². The molecule has 0 unspecified atom stereocenters. The fourth-order valence-electron chi connectivity index (χ4n) is 1.74. The third-order valence-corrected chi connectivity index (χ3v) is 2.94. The van der Waals surface area contributed by atoms with E-state index in [9.17, 15) is 4.39 Å². The quantitative estimate of drug-likeness (QED) is 0.583. The molecule has 0 aliphatic heterocycles. The van der Waals surface area contributed by atoms with E-state index in [0.717, 1.165) is 16.9 Å². The first-order valence-electron chi connectivity index (χ1n) is 7.17. The number of aromatic nitrogens is 1. The van der Waals surface area contributed by atoms with Crippen molar-refractivity contribution < 1.29 is 9.13 Å². The molecule has 0 aliphatic rings. The van der Waals surface area contributed by atoms with Gasteiger partial charge in [0, 0.05) is 25.9 Å². The molecule has 23 heavy (non-hydrogen) atoms. The van der Waals surface area contributed by atoms with Crippen LogP contribution >= 0.6 is 0 Å². The van der Waals surface area contributed by atoms with Gasteiger partial charge in [-0.15, -0.1) is 0 Å². The molecule has 1 heterocycles. The van der Waals surface area contributed by atoms with E-state index in [4.69, 9.17) is 4.74 Å². The Morgan fingerprint density at radius 3 is 2.26 bits per heavy atom. The summed E-state index contributed by atoms with van der Waals surface area (Å²) in [7, 11) is 3.88. The summed E-state index contributed by atoms with van der Waals surface area (Å²) < 4.78 is 17.2. The topological polar surface area (TPSA) is 50.1 Å². The van der Waals surface area contributed by atoms with Gasteiger partial charge in [-0.05, 0) is 42.0 Å². The predicted molar refractivity (Wildman–Crippen MR) is 91.7 cm³/mol. The molecule has 0 aliphatic carbocycles. The zero-order valence-corrected chi connectivity index (χ0v) is 13.2. The second kappa shape index (κ2) is 8.63. The molecule has 0 N–H and O–H groups in total. The van der Waals surface area contributed by atoms with Crippen LogP contribution in [0.3, 0.4) is 0 Å². The Labute approximate surface area is 135 Å². The molecule has 2 rings (SSSR count). The first-order chi connectivity index (χ1) is 11.2. The molecule has 0 atom stereocenters. The maximum atomic E-state index is 12.0. The molecule has 1 aromatic heterocycles. The lowest BCUT2D eigenvalue weighted by molar-refractivity contribution is 0.273. The number of hydrogen-bond acceptors (Lipinski definition) is 5. The third-order valence-electron chi connectivity index (χ3n) is 2.94. The largest absolute Gasteiger partial charge is 0.491 e. The Morgan fingerprint density at radius 2 is 1.70 bits per heavy atom. The van der Waals surface area contributed by atoms with Crippen molar-refractivity contribution in [1.82, 2.24) is 4.98 Å². The van der Waals surface area contributed by atoms with Crippen molar-refractivity contribution in [3.05, 3.63) is 53.7 Å². The standard InChI is InChI=1S/C17H19FN4O/c1-22(2)17-8-5-15(11-19-17)13-21-20-12-14-3-6-16(7-4-14)23-10-9-18/h3-8,11-13H,9-10H2,1-2H3/b20-12+,21-13+. The van der Waals surface area contributed by atoms with E-state index in [-0.39, 0.29) is 6.61 Å². The van der Waals surface area contributed by atoms with Gasteiger partial charge in [0.05, 0.1) is 12.4 Å².